The zero-order chi connectivity index (χ0) is 15.5. The average molecular weight is 307 g/mol. The van der Waals surface area contributed by atoms with Gasteiger partial charge in [0.1, 0.15) is 0 Å². The number of nitrogens with zero attached hydrogens (tertiary/aromatic N) is 1. The number of hydrogen-bond acceptors (Lipinski definition) is 4. The standard InChI is InChI=1S/C17H25NO2S/c1-13(2)17(3,18-9-11-20-12-10-18)16(19)14-5-7-15(21-4)8-6-14/h5-8,13H,9-12H2,1-4H3. The Morgan fingerprint density at radius 3 is 2.29 bits per heavy atom. The van der Waals surface area contributed by atoms with E-state index in [1.165, 1.54) is 4.90 Å². The van der Waals surface area contributed by atoms with Crippen LogP contribution in [0.15, 0.2) is 29.2 Å². The highest BCUT2D eigenvalue weighted by atomic mass is 32.2. The predicted octanol–water partition coefficient (Wildman–Crippen LogP) is 3.34. The Balaban J connectivity index is 2.29. The summed E-state index contributed by atoms with van der Waals surface area (Å²) in [4.78, 5) is 16.6. The molecule has 1 fully saturated rings. The van der Waals surface area contributed by atoms with Crippen LogP contribution < -0.4 is 0 Å². The second-order valence-electron chi connectivity index (χ2n) is 5.96. The molecule has 1 saturated heterocycles. The maximum Gasteiger partial charge on any atom is 0.183 e. The molecule has 1 aromatic carbocycles. The summed E-state index contributed by atoms with van der Waals surface area (Å²) < 4.78 is 5.43. The number of morpholine rings is 1. The molecule has 0 bridgehead atoms. The zero-order valence-electron chi connectivity index (χ0n) is 13.4. The number of thioether (sulfide) groups is 1. The third kappa shape index (κ3) is 3.33. The topological polar surface area (TPSA) is 29.5 Å². The Morgan fingerprint density at radius 1 is 1.24 bits per heavy atom. The van der Waals surface area contributed by atoms with Gasteiger partial charge in [0.05, 0.1) is 18.8 Å². The molecule has 1 unspecified atom stereocenters. The lowest BCUT2D eigenvalue weighted by Crippen LogP contribution is -2.59. The molecule has 0 saturated carbocycles. The number of benzene rings is 1. The fourth-order valence-corrected chi connectivity index (χ4v) is 3.24. The van der Waals surface area contributed by atoms with Crippen LogP contribution in [-0.4, -0.2) is 48.8 Å². The summed E-state index contributed by atoms with van der Waals surface area (Å²) in [6.45, 7) is 9.40. The minimum Gasteiger partial charge on any atom is -0.379 e. The van der Waals surface area contributed by atoms with Crippen molar-refractivity contribution in [2.75, 3.05) is 32.6 Å². The van der Waals surface area contributed by atoms with Crippen LogP contribution in [0, 0.1) is 5.92 Å². The lowest BCUT2D eigenvalue weighted by atomic mass is 9.79. The van der Waals surface area contributed by atoms with E-state index in [1.807, 2.05) is 30.5 Å². The highest BCUT2D eigenvalue weighted by molar-refractivity contribution is 7.98. The third-order valence-corrected chi connectivity index (χ3v) is 5.35. The van der Waals surface area contributed by atoms with Gasteiger partial charge in [-0.2, -0.15) is 0 Å². The smallest absolute Gasteiger partial charge is 0.183 e. The fraction of sp³-hybridized carbons (Fsp3) is 0.588. The predicted molar refractivity (Wildman–Crippen MR) is 88.2 cm³/mol. The van der Waals surface area contributed by atoms with Crippen LogP contribution in [0.5, 0.6) is 0 Å². The summed E-state index contributed by atoms with van der Waals surface area (Å²) in [6.07, 6.45) is 2.04. The van der Waals surface area contributed by atoms with Gasteiger partial charge in [0.25, 0.3) is 0 Å². The first-order valence-electron chi connectivity index (χ1n) is 7.51. The van der Waals surface area contributed by atoms with Gasteiger partial charge in [-0.15, -0.1) is 11.8 Å². The third-order valence-electron chi connectivity index (χ3n) is 4.60. The zero-order valence-corrected chi connectivity index (χ0v) is 14.2. The summed E-state index contributed by atoms with van der Waals surface area (Å²) >= 11 is 1.69. The first-order valence-corrected chi connectivity index (χ1v) is 8.74. The Bertz CT molecular complexity index is 480. The van der Waals surface area contributed by atoms with Crippen molar-refractivity contribution >= 4 is 17.5 Å². The van der Waals surface area contributed by atoms with Crippen LogP contribution in [0.4, 0.5) is 0 Å². The van der Waals surface area contributed by atoms with E-state index < -0.39 is 5.54 Å². The van der Waals surface area contributed by atoms with Crippen molar-refractivity contribution < 1.29 is 9.53 Å². The Labute approximate surface area is 132 Å². The normalized spacial score (nSPS) is 19.5. The number of carbonyl (C=O) groups excluding carboxylic acids is 1. The molecule has 3 nitrogen and oxygen atoms in total. The summed E-state index contributed by atoms with van der Waals surface area (Å²) in [5, 5.41) is 0. The molecule has 0 spiro atoms. The van der Waals surface area contributed by atoms with E-state index in [2.05, 4.69) is 25.7 Å². The summed E-state index contributed by atoms with van der Waals surface area (Å²) in [5.41, 5.74) is 0.334. The molecular weight excluding hydrogens is 282 g/mol. The molecular formula is C17H25NO2S. The van der Waals surface area contributed by atoms with E-state index in [-0.39, 0.29) is 11.7 Å². The van der Waals surface area contributed by atoms with Crippen molar-refractivity contribution in [3.63, 3.8) is 0 Å². The van der Waals surface area contributed by atoms with Crippen LogP contribution in [0.3, 0.4) is 0 Å². The fourth-order valence-electron chi connectivity index (χ4n) is 2.83. The first-order chi connectivity index (χ1) is 10.00. The molecule has 1 atom stereocenters. The monoisotopic (exact) mass is 307 g/mol. The number of Topliss-reactive ketones (excluding diaryl/α,β-unsaturated/α-hetero) is 1. The van der Waals surface area contributed by atoms with Gasteiger partial charge in [-0.25, -0.2) is 0 Å². The molecule has 0 aromatic heterocycles. The Kier molecular flexibility index (Phi) is 5.47. The van der Waals surface area contributed by atoms with Gasteiger partial charge in [0, 0.05) is 23.5 Å². The second-order valence-corrected chi connectivity index (χ2v) is 6.84. The van der Waals surface area contributed by atoms with Crippen molar-refractivity contribution in [1.82, 2.24) is 4.90 Å². The first kappa shape index (κ1) is 16.5. The second kappa shape index (κ2) is 6.95. The largest absolute Gasteiger partial charge is 0.379 e. The van der Waals surface area contributed by atoms with Gasteiger partial charge in [0.15, 0.2) is 5.78 Å². The van der Waals surface area contributed by atoms with E-state index in [1.54, 1.807) is 11.8 Å². The minimum atomic E-state index is -0.468. The molecule has 1 aliphatic heterocycles. The number of carbonyl (C=O) groups is 1. The van der Waals surface area contributed by atoms with E-state index >= 15 is 0 Å². The molecule has 21 heavy (non-hydrogen) atoms. The van der Waals surface area contributed by atoms with Crippen molar-refractivity contribution in [1.29, 1.82) is 0 Å². The maximum atomic E-state index is 13.1. The van der Waals surface area contributed by atoms with Crippen molar-refractivity contribution in [3.8, 4) is 0 Å². The summed E-state index contributed by atoms with van der Waals surface area (Å²) in [5.74, 6) is 0.468. The molecule has 1 aliphatic rings. The summed E-state index contributed by atoms with van der Waals surface area (Å²) in [7, 11) is 0. The molecule has 1 aromatic rings. The highest BCUT2D eigenvalue weighted by Crippen LogP contribution is 2.30. The number of hydrogen-bond donors (Lipinski definition) is 0. The SMILES string of the molecule is CSc1ccc(C(=O)C(C)(C(C)C)N2CCOCC2)cc1. The maximum absolute atomic E-state index is 13.1. The molecule has 2 rings (SSSR count). The molecule has 4 heteroatoms. The van der Waals surface area contributed by atoms with Crippen molar-refractivity contribution in [2.45, 2.75) is 31.2 Å². The van der Waals surface area contributed by atoms with Crippen LogP contribution in [0.1, 0.15) is 31.1 Å². The molecule has 1 heterocycles. The number of ether oxygens (including phenoxy) is 1. The van der Waals surface area contributed by atoms with E-state index in [0.29, 0.717) is 13.2 Å². The van der Waals surface area contributed by atoms with Gasteiger partial charge in [-0.05, 0) is 31.2 Å². The van der Waals surface area contributed by atoms with Crippen LogP contribution in [0.2, 0.25) is 0 Å². The molecule has 0 aliphatic carbocycles. The van der Waals surface area contributed by atoms with Crippen LogP contribution >= 0.6 is 11.8 Å². The quantitative estimate of drug-likeness (QED) is 0.616. The lowest BCUT2D eigenvalue weighted by Gasteiger charge is -2.45. The van der Waals surface area contributed by atoms with Gasteiger partial charge in [0.2, 0.25) is 0 Å². The lowest BCUT2D eigenvalue weighted by molar-refractivity contribution is -0.0233. The molecule has 116 valence electrons. The molecule has 0 radical (unpaired) electrons. The van der Waals surface area contributed by atoms with Crippen LogP contribution in [-0.2, 0) is 4.74 Å². The molecule has 0 N–H and O–H groups in total. The minimum absolute atomic E-state index is 0.215. The Morgan fingerprint density at radius 2 is 1.81 bits per heavy atom. The van der Waals surface area contributed by atoms with Gasteiger partial charge in [-0.1, -0.05) is 26.0 Å². The number of ketones is 1. The van der Waals surface area contributed by atoms with Crippen molar-refractivity contribution in [2.24, 2.45) is 5.92 Å². The van der Waals surface area contributed by atoms with Crippen LogP contribution in [0.25, 0.3) is 0 Å². The van der Waals surface area contributed by atoms with Crippen molar-refractivity contribution in [3.05, 3.63) is 29.8 Å². The molecule has 0 amide bonds. The van der Waals surface area contributed by atoms with E-state index in [9.17, 15) is 4.79 Å². The Hall–Kier alpha value is -0.840. The number of rotatable bonds is 5. The van der Waals surface area contributed by atoms with Gasteiger partial charge in [-0.3, -0.25) is 9.69 Å². The van der Waals surface area contributed by atoms with E-state index in [4.69, 9.17) is 4.74 Å². The van der Waals surface area contributed by atoms with E-state index in [0.717, 1.165) is 18.7 Å². The van der Waals surface area contributed by atoms with Gasteiger partial charge >= 0.3 is 0 Å². The average Bonchev–Trinajstić information content (AvgIpc) is 2.54. The summed E-state index contributed by atoms with van der Waals surface area (Å²) in [6, 6.07) is 7.96. The highest BCUT2D eigenvalue weighted by Gasteiger charge is 2.42. The van der Waals surface area contributed by atoms with Gasteiger partial charge < -0.3 is 4.74 Å².